The fraction of sp³-hybridized carbons (Fsp3) is 0.692. The summed E-state index contributed by atoms with van der Waals surface area (Å²) in [5.74, 6) is 1.61. The number of methoxy groups -OCH3 is 2. The molecule has 6 nitrogen and oxygen atoms in total. The number of hydrogen-bond acceptors (Lipinski definition) is 6. The number of aromatic nitrogens is 2. The smallest absolute Gasteiger partial charge is 0.262 e. The van der Waals surface area contributed by atoms with Gasteiger partial charge in [-0.05, 0) is 20.8 Å². The van der Waals surface area contributed by atoms with Crippen LogP contribution in [0.15, 0.2) is 6.33 Å². The molecule has 0 bridgehead atoms. The first kappa shape index (κ1) is 15.5. The third kappa shape index (κ3) is 4.55. The van der Waals surface area contributed by atoms with E-state index in [1.165, 1.54) is 6.33 Å². The van der Waals surface area contributed by atoms with Crippen LogP contribution in [0.2, 0.25) is 0 Å². The Bertz CT molecular complexity index is 397. The molecule has 1 aromatic heterocycles. The van der Waals surface area contributed by atoms with Crippen LogP contribution in [0, 0.1) is 0 Å². The summed E-state index contributed by atoms with van der Waals surface area (Å²) in [4.78, 5) is 8.22. The molecule has 1 rings (SSSR count). The molecule has 0 spiro atoms. The fourth-order valence-corrected chi connectivity index (χ4v) is 1.43. The normalized spacial score (nSPS) is 11.2. The summed E-state index contributed by atoms with van der Waals surface area (Å²) in [6.07, 6.45) is 2.21. The van der Waals surface area contributed by atoms with E-state index in [9.17, 15) is 0 Å². The molecule has 0 radical (unpaired) electrons. The molecule has 0 amide bonds. The molecule has 0 saturated carbocycles. The van der Waals surface area contributed by atoms with Crippen molar-refractivity contribution >= 4 is 5.82 Å². The average Bonchev–Trinajstić information content (AvgIpc) is 2.39. The maximum Gasteiger partial charge on any atom is 0.262 e. The summed E-state index contributed by atoms with van der Waals surface area (Å²) in [7, 11) is 3.26. The number of nitrogens with one attached hydrogen (secondary N) is 1. The van der Waals surface area contributed by atoms with E-state index in [0.29, 0.717) is 24.1 Å². The molecule has 0 aliphatic carbocycles. The zero-order valence-electron chi connectivity index (χ0n) is 12.3. The van der Waals surface area contributed by atoms with Gasteiger partial charge in [0.05, 0.1) is 19.3 Å². The van der Waals surface area contributed by atoms with Gasteiger partial charge in [0.15, 0.2) is 5.82 Å². The highest BCUT2D eigenvalue weighted by molar-refractivity contribution is 5.54. The Balaban J connectivity index is 2.70. The molecule has 19 heavy (non-hydrogen) atoms. The highest BCUT2D eigenvalue weighted by Crippen LogP contribution is 2.31. The number of nitrogens with zero attached hydrogens (tertiary/aromatic N) is 2. The van der Waals surface area contributed by atoms with E-state index in [1.807, 2.05) is 20.8 Å². The van der Waals surface area contributed by atoms with Gasteiger partial charge in [0, 0.05) is 20.1 Å². The van der Waals surface area contributed by atoms with E-state index in [1.54, 1.807) is 14.2 Å². The standard InChI is InChI=1S/C13H23N3O3/c1-6-14-11-10(17-4)12(16-9-15-11)19-8-7-13(2,3)18-5/h9H,6-8H2,1-5H3,(H,14,15,16). The Morgan fingerprint density at radius 1 is 1.26 bits per heavy atom. The Labute approximate surface area is 114 Å². The molecule has 108 valence electrons. The summed E-state index contributed by atoms with van der Waals surface area (Å²) in [6.45, 7) is 7.27. The first-order valence-corrected chi connectivity index (χ1v) is 6.35. The third-order valence-corrected chi connectivity index (χ3v) is 2.81. The second-order valence-corrected chi connectivity index (χ2v) is 4.65. The molecule has 0 unspecified atom stereocenters. The van der Waals surface area contributed by atoms with Gasteiger partial charge >= 0.3 is 0 Å². The molecule has 0 saturated heterocycles. The molecule has 0 aromatic carbocycles. The third-order valence-electron chi connectivity index (χ3n) is 2.81. The second-order valence-electron chi connectivity index (χ2n) is 4.65. The van der Waals surface area contributed by atoms with Crippen LogP contribution in [0.5, 0.6) is 11.6 Å². The van der Waals surface area contributed by atoms with Gasteiger partial charge in [-0.1, -0.05) is 0 Å². The average molecular weight is 269 g/mol. The van der Waals surface area contributed by atoms with Crippen molar-refractivity contribution < 1.29 is 14.2 Å². The van der Waals surface area contributed by atoms with Crippen molar-refractivity contribution in [3.05, 3.63) is 6.33 Å². The van der Waals surface area contributed by atoms with Crippen LogP contribution in [0.25, 0.3) is 0 Å². The number of ether oxygens (including phenoxy) is 3. The maximum absolute atomic E-state index is 5.66. The minimum absolute atomic E-state index is 0.217. The molecular formula is C13H23N3O3. The Morgan fingerprint density at radius 3 is 2.58 bits per heavy atom. The van der Waals surface area contributed by atoms with Crippen LogP contribution in [0.4, 0.5) is 5.82 Å². The van der Waals surface area contributed by atoms with E-state index >= 15 is 0 Å². The van der Waals surface area contributed by atoms with Crippen LogP contribution in [0.1, 0.15) is 27.2 Å². The SMILES string of the molecule is CCNc1ncnc(OCCC(C)(C)OC)c1OC. The van der Waals surface area contributed by atoms with Gasteiger partial charge < -0.3 is 19.5 Å². The Hall–Kier alpha value is -1.56. The van der Waals surface area contributed by atoms with Gasteiger partial charge in [0.25, 0.3) is 5.88 Å². The molecule has 0 atom stereocenters. The number of hydrogen-bond donors (Lipinski definition) is 1. The highest BCUT2D eigenvalue weighted by Gasteiger charge is 2.18. The van der Waals surface area contributed by atoms with Crippen molar-refractivity contribution in [2.45, 2.75) is 32.8 Å². The zero-order valence-corrected chi connectivity index (χ0v) is 12.3. The van der Waals surface area contributed by atoms with Crippen LogP contribution in [-0.4, -0.2) is 42.9 Å². The van der Waals surface area contributed by atoms with E-state index in [0.717, 1.165) is 13.0 Å². The molecule has 1 heterocycles. The van der Waals surface area contributed by atoms with Gasteiger partial charge in [-0.15, -0.1) is 0 Å². The lowest BCUT2D eigenvalue weighted by molar-refractivity contribution is 0.00485. The first-order valence-electron chi connectivity index (χ1n) is 6.35. The summed E-state index contributed by atoms with van der Waals surface area (Å²) >= 11 is 0. The van der Waals surface area contributed by atoms with E-state index < -0.39 is 0 Å². The lowest BCUT2D eigenvalue weighted by Gasteiger charge is -2.22. The van der Waals surface area contributed by atoms with Gasteiger partial charge in [-0.2, -0.15) is 4.98 Å². The Morgan fingerprint density at radius 2 is 2.00 bits per heavy atom. The predicted molar refractivity (Wildman–Crippen MR) is 73.9 cm³/mol. The van der Waals surface area contributed by atoms with Crippen LogP contribution >= 0.6 is 0 Å². The van der Waals surface area contributed by atoms with Gasteiger partial charge in [-0.25, -0.2) is 4.98 Å². The van der Waals surface area contributed by atoms with E-state index in [2.05, 4.69) is 15.3 Å². The summed E-state index contributed by atoms with van der Waals surface area (Å²) in [5.41, 5.74) is -0.217. The van der Waals surface area contributed by atoms with E-state index in [-0.39, 0.29) is 5.60 Å². The van der Waals surface area contributed by atoms with E-state index in [4.69, 9.17) is 14.2 Å². The zero-order chi connectivity index (χ0) is 14.3. The van der Waals surface area contributed by atoms with Crippen molar-refractivity contribution in [3.63, 3.8) is 0 Å². The van der Waals surface area contributed by atoms with Crippen LogP contribution in [-0.2, 0) is 4.74 Å². The van der Waals surface area contributed by atoms with Crippen LogP contribution in [0.3, 0.4) is 0 Å². The maximum atomic E-state index is 5.66. The van der Waals surface area contributed by atoms with Crippen molar-refractivity contribution in [2.75, 3.05) is 32.7 Å². The van der Waals surface area contributed by atoms with Crippen molar-refractivity contribution in [3.8, 4) is 11.6 Å². The first-order chi connectivity index (χ1) is 9.04. The number of anilines is 1. The number of rotatable bonds is 8. The monoisotopic (exact) mass is 269 g/mol. The quantitative estimate of drug-likeness (QED) is 0.779. The summed E-state index contributed by atoms with van der Waals surface area (Å²) < 4.78 is 16.3. The largest absolute Gasteiger partial charge is 0.489 e. The molecular weight excluding hydrogens is 246 g/mol. The summed E-state index contributed by atoms with van der Waals surface area (Å²) in [6, 6.07) is 0. The van der Waals surface area contributed by atoms with Gasteiger partial charge in [-0.3, -0.25) is 0 Å². The lowest BCUT2D eigenvalue weighted by atomic mass is 10.1. The van der Waals surface area contributed by atoms with Gasteiger partial charge in [0.2, 0.25) is 5.75 Å². The highest BCUT2D eigenvalue weighted by atomic mass is 16.5. The molecule has 0 aliphatic rings. The minimum Gasteiger partial charge on any atom is -0.489 e. The fourth-order valence-electron chi connectivity index (χ4n) is 1.43. The molecule has 6 heteroatoms. The lowest BCUT2D eigenvalue weighted by Crippen LogP contribution is -2.25. The summed E-state index contributed by atoms with van der Waals surface area (Å²) in [5, 5.41) is 3.10. The van der Waals surface area contributed by atoms with Crippen molar-refractivity contribution in [2.24, 2.45) is 0 Å². The topological polar surface area (TPSA) is 65.5 Å². The van der Waals surface area contributed by atoms with Crippen molar-refractivity contribution in [1.82, 2.24) is 9.97 Å². The molecule has 1 N–H and O–H groups in total. The molecule has 0 aliphatic heterocycles. The van der Waals surface area contributed by atoms with Gasteiger partial charge in [0.1, 0.15) is 6.33 Å². The molecule has 1 aromatic rings. The minimum atomic E-state index is -0.217. The van der Waals surface area contributed by atoms with Crippen LogP contribution < -0.4 is 14.8 Å². The molecule has 0 fully saturated rings. The predicted octanol–water partition coefficient (Wildman–Crippen LogP) is 2.11. The Kier molecular flexibility index (Phi) is 5.82. The van der Waals surface area contributed by atoms with Crippen molar-refractivity contribution in [1.29, 1.82) is 0 Å². The second kappa shape index (κ2) is 7.13.